The van der Waals surface area contributed by atoms with Crippen molar-refractivity contribution in [1.29, 1.82) is 0 Å². The number of benzene rings is 1. The molecule has 0 unspecified atom stereocenters. The van der Waals surface area contributed by atoms with Gasteiger partial charge in [0.05, 0.1) is 45.3 Å². The maximum atomic E-state index is 5.28. The third kappa shape index (κ3) is 27.7. The maximum absolute atomic E-state index is 5.28. The lowest BCUT2D eigenvalue weighted by Crippen LogP contribution is -2.08. The van der Waals surface area contributed by atoms with E-state index in [1.165, 1.54) is 33.3 Å². The number of thiophene rings is 2. The Labute approximate surface area is 542 Å². The van der Waals surface area contributed by atoms with Crippen LogP contribution < -0.4 is 0 Å². The molecule has 11 nitrogen and oxygen atoms in total. The first-order valence-electron chi connectivity index (χ1n) is 23.8. The molecule has 8 aromatic rings. The van der Waals surface area contributed by atoms with E-state index < -0.39 is 0 Å². The topological polar surface area (TPSA) is 113 Å². The number of nitrogens with one attached hydrogen (secondary N) is 1. The molecule has 0 spiro atoms. The number of allylic oxidation sites excluding steroid dienone is 1. The first-order valence-corrected chi connectivity index (χ1v) is 36.5. The number of aryl methyl sites for hydroxylation is 4. The lowest BCUT2D eigenvalue weighted by Gasteiger charge is -2.04. The highest BCUT2D eigenvalue weighted by Crippen LogP contribution is 2.20. The van der Waals surface area contributed by atoms with E-state index in [-0.39, 0.29) is 0 Å². The molecule has 0 aliphatic carbocycles. The summed E-state index contributed by atoms with van der Waals surface area (Å²) in [4.78, 5) is 22.2. The second-order valence-electron chi connectivity index (χ2n) is 15.3. The normalized spacial score (nSPS) is 10.2. The predicted molar refractivity (Wildman–Crippen MR) is 389 cm³/mol. The van der Waals surface area contributed by atoms with Crippen molar-refractivity contribution in [2.45, 2.75) is 61.3 Å². The summed E-state index contributed by atoms with van der Waals surface area (Å²) in [5.74, 6) is 6.37. The van der Waals surface area contributed by atoms with Crippen LogP contribution in [0.2, 0.25) is 0 Å². The number of imidazole rings is 3. The maximum Gasteiger partial charge on any atom is 0.163 e. The molecule has 0 fully saturated rings. The third-order valence-electron chi connectivity index (χ3n) is 9.23. The van der Waals surface area contributed by atoms with Crippen LogP contribution >= 0.6 is 191 Å². The molecule has 424 valence electrons. The van der Waals surface area contributed by atoms with Crippen molar-refractivity contribution in [2.24, 2.45) is 5.92 Å². The molecule has 0 saturated carbocycles. The van der Waals surface area contributed by atoms with Crippen molar-refractivity contribution >= 4 is 231 Å². The molecule has 0 aliphatic heterocycles. The van der Waals surface area contributed by atoms with Gasteiger partial charge in [-0.05, 0) is 99.1 Å². The fourth-order valence-electron chi connectivity index (χ4n) is 5.41. The van der Waals surface area contributed by atoms with E-state index in [1.54, 1.807) is 120 Å². The number of nitrogens with zero attached hydrogens (tertiary/aromatic N) is 10. The van der Waals surface area contributed by atoms with Gasteiger partial charge in [-0.1, -0.05) is 197 Å². The first kappa shape index (κ1) is 72.8. The number of para-hydroxylation sites is 2. The van der Waals surface area contributed by atoms with Gasteiger partial charge in [0.2, 0.25) is 0 Å². The number of thioether (sulfide) groups is 7. The summed E-state index contributed by atoms with van der Waals surface area (Å²) >= 11 is 50.4. The minimum Gasteiger partial charge on any atom is -0.341 e. The Kier molecular flexibility index (Phi) is 39.1. The lowest BCUT2D eigenvalue weighted by atomic mass is 10.3. The number of rotatable bonds is 9. The predicted octanol–water partition coefficient (Wildman–Crippen LogP) is 16.8. The first-order chi connectivity index (χ1) is 37.9. The average molecular weight is 1360 g/mol. The summed E-state index contributed by atoms with van der Waals surface area (Å²) in [6.45, 7) is 14.4. The molecule has 0 radical (unpaired) electrons. The zero-order valence-electron chi connectivity index (χ0n) is 45.9. The Morgan fingerprint density at radius 3 is 1.82 bits per heavy atom. The molecule has 27 heteroatoms. The summed E-state index contributed by atoms with van der Waals surface area (Å²) in [6, 6.07) is 18.1. The molecule has 79 heavy (non-hydrogen) atoms. The second kappa shape index (κ2) is 42.5. The lowest BCUT2D eigenvalue weighted by molar-refractivity contribution is 0.751. The quantitative estimate of drug-likeness (QED) is 0.109. The van der Waals surface area contributed by atoms with Crippen LogP contribution in [-0.2, 0) is 12.8 Å². The number of aromatic amines is 1. The zero-order chi connectivity index (χ0) is 58.7. The van der Waals surface area contributed by atoms with Crippen LogP contribution in [0.5, 0.6) is 0 Å². The molecule has 1 aromatic carbocycles. The zero-order valence-corrected chi connectivity index (χ0v) is 58.9. The van der Waals surface area contributed by atoms with E-state index in [9.17, 15) is 0 Å². The minimum atomic E-state index is 0.670. The van der Waals surface area contributed by atoms with Gasteiger partial charge < -0.3 is 4.98 Å². The number of aromatic nitrogens is 11. The largest absolute Gasteiger partial charge is 0.341 e. The van der Waals surface area contributed by atoms with Gasteiger partial charge in [0.15, 0.2) is 14.5 Å². The fraction of sp³-hybridized carbons (Fsp3) is 0.327. The fourth-order valence-corrected chi connectivity index (χ4v) is 11.8. The Balaban J connectivity index is 0.000000317. The van der Waals surface area contributed by atoms with Crippen molar-refractivity contribution in [3.63, 3.8) is 0 Å². The van der Waals surface area contributed by atoms with E-state index in [1.807, 2.05) is 136 Å². The van der Waals surface area contributed by atoms with Gasteiger partial charge in [-0.15, -0.1) is 63.1 Å². The van der Waals surface area contributed by atoms with Gasteiger partial charge >= 0.3 is 0 Å². The van der Waals surface area contributed by atoms with Gasteiger partial charge in [-0.2, -0.15) is 5.10 Å². The highest BCUT2D eigenvalue weighted by atomic mass is 32.2. The Morgan fingerprint density at radius 2 is 1.33 bits per heavy atom. The van der Waals surface area contributed by atoms with Crippen LogP contribution in [-0.4, -0.2) is 126 Å². The molecule has 7 heterocycles. The van der Waals surface area contributed by atoms with Crippen molar-refractivity contribution in [3.05, 3.63) is 154 Å². The number of fused-ring (bicyclic) bond motifs is 1. The van der Waals surface area contributed by atoms with Gasteiger partial charge in [-0.25, -0.2) is 29.3 Å². The Hall–Kier alpha value is -2.32. The summed E-state index contributed by atoms with van der Waals surface area (Å²) in [5, 5.41) is 12.4. The van der Waals surface area contributed by atoms with Gasteiger partial charge in [0.1, 0.15) is 32.4 Å². The summed E-state index contributed by atoms with van der Waals surface area (Å²) in [7, 11) is 0. The highest BCUT2D eigenvalue weighted by molar-refractivity contribution is 8.25. The van der Waals surface area contributed by atoms with Crippen LogP contribution in [0.25, 0.3) is 11.0 Å². The smallest absolute Gasteiger partial charge is 0.163 e. The Morgan fingerprint density at radius 1 is 0.684 bits per heavy atom. The van der Waals surface area contributed by atoms with Crippen LogP contribution in [0.15, 0.2) is 115 Å². The SMILES string of the molecule is C/C=C/CSC(=S)c1cccs1.CC(C)CSC(=S)n1cccn1.CCc1nc(C)n(C(=S)SC)n1.CCc1ncc(C(=S)SC)[nH]1.CSC(=S)c1cccs1.CSC(=S)n1c(C)nc2ccccc21.CSC(=S)n1ccnc1. The van der Waals surface area contributed by atoms with Crippen molar-refractivity contribution in [3.8, 4) is 0 Å². The van der Waals surface area contributed by atoms with Crippen LogP contribution in [0.3, 0.4) is 0 Å². The van der Waals surface area contributed by atoms with Gasteiger partial charge in [-0.3, -0.25) is 9.13 Å². The van der Waals surface area contributed by atoms with E-state index in [4.69, 9.17) is 85.5 Å². The Bertz CT molecular complexity index is 3020. The minimum absolute atomic E-state index is 0.670. The number of H-pyrrole nitrogens is 1. The molecular formula is C52H65N11S16. The molecule has 0 atom stereocenters. The molecule has 0 saturated heterocycles. The van der Waals surface area contributed by atoms with E-state index in [2.05, 4.69) is 73.4 Å². The standard InChI is InChI=1S/C10H10N2S2.C9H10S3.C8H12N2S2.C7H11N3S2.C7H10N2S2.C6H6S3.C5H6N2S2/c1-7-11-8-5-3-4-6-9(8)12(7)10(13)14-2;1-2-3-6-12-9(10)8-5-4-7-11-8;1-7(2)6-12-8(11)10-5-3-4-9-10;1-4-6-8-5(2)10(9-6)7(11)12-3;1-3-6-8-4-5(9-6)7(10)11-2;1-8-6(7)5-3-2-4-9-5;1-9-5(8)7-3-2-6-4-7/h3-6H,1-2H3;2-5,7H,6H2,1H3;3-5,7H,6H2,1-2H3;4H2,1-3H3;4H,3H2,1-2H3,(H,8,9);2*2-4H,1H3/b;3-2+;;;;;. The van der Waals surface area contributed by atoms with E-state index >= 15 is 0 Å². The number of hydrogen-bond donors (Lipinski definition) is 1. The number of thiocarbonyl (C=S) groups is 7. The summed E-state index contributed by atoms with van der Waals surface area (Å²) in [6.07, 6.45) is 26.4. The molecule has 7 aromatic heterocycles. The van der Waals surface area contributed by atoms with Crippen molar-refractivity contribution in [1.82, 2.24) is 53.6 Å². The molecule has 0 aliphatic rings. The molecule has 0 bridgehead atoms. The highest BCUT2D eigenvalue weighted by Gasteiger charge is 2.10. The average Bonchev–Trinajstić information content (AvgIpc) is 4.33. The van der Waals surface area contributed by atoms with Crippen molar-refractivity contribution < 1.29 is 0 Å². The molecule has 1 N–H and O–H groups in total. The number of hydrogen-bond acceptors (Lipinski definition) is 22. The monoisotopic (exact) mass is 1360 g/mol. The van der Waals surface area contributed by atoms with Gasteiger partial charge in [0.25, 0.3) is 0 Å². The van der Waals surface area contributed by atoms with Crippen LogP contribution in [0.1, 0.15) is 73.4 Å². The van der Waals surface area contributed by atoms with Crippen molar-refractivity contribution in [2.75, 3.05) is 42.8 Å². The van der Waals surface area contributed by atoms with E-state index in [0.29, 0.717) is 5.92 Å². The second-order valence-corrected chi connectivity index (χ2v) is 27.9. The third-order valence-corrected chi connectivity index (χ3v) is 21.0. The molecule has 0 amide bonds. The van der Waals surface area contributed by atoms with Crippen LogP contribution in [0.4, 0.5) is 0 Å². The summed E-state index contributed by atoms with van der Waals surface area (Å²) < 4.78 is 13.4. The molecular weight excluding hydrogens is 1290 g/mol. The van der Waals surface area contributed by atoms with Gasteiger partial charge in [0, 0.05) is 49.1 Å². The molecule has 8 rings (SSSR count). The van der Waals surface area contributed by atoms with Crippen LogP contribution in [0, 0.1) is 19.8 Å². The van der Waals surface area contributed by atoms with E-state index in [0.717, 1.165) is 94.2 Å². The summed E-state index contributed by atoms with van der Waals surface area (Å²) in [5.41, 5.74) is 3.05.